The highest BCUT2D eigenvalue weighted by Crippen LogP contribution is 2.31. The Kier molecular flexibility index (Phi) is 3.93. The molecule has 2 rings (SSSR count). The number of pyridine rings is 1. The molecule has 0 amide bonds. The normalized spacial score (nSPS) is 13.5. The Morgan fingerprint density at radius 1 is 1.32 bits per heavy atom. The summed E-state index contributed by atoms with van der Waals surface area (Å²) >= 11 is 3.25. The summed E-state index contributed by atoms with van der Waals surface area (Å²) in [7, 11) is 0. The fourth-order valence-electron chi connectivity index (χ4n) is 1.55. The molecule has 0 aromatic carbocycles. The standard InChI is InChI=1S/C11H9BrF3N3O/c12-7-3-4-19-10(7)9(18-16)8-2-1-6(5-17-8)11(13,14)15/h1-5,9,18H,16H2. The van der Waals surface area contributed by atoms with Gasteiger partial charge in [-0.05, 0) is 34.1 Å². The lowest BCUT2D eigenvalue weighted by atomic mass is 10.1. The van der Waals surface area contributed by atoms with E-state index in [0.717, 1.165) is 12.3 Å². The number of hydrogen-bond donors (Lipinski definition) is 2. The van der Waals surface area contributed by atoms with Gasteiger partial charge < -0.3 is 4.42 Å². The van der Waals surface area contributed by atoms with Gasteiger partial charge in [-0.2, -0.15) is 13.2 Å². The lowest BCUT2D eigenvalue weighted by Crippen LogP contribution is -2.29. The molecule has 0 bridgehead atoms. The molecular weight excluding hydrogens is 327 g/mol. The van der Waals surface area contributed by atoms with Gasteiger partial charge in [0, 0.05) is 6.20 Å². The summed E-state index contributed by atoms with van der Waals surface area (Å²) < 4.78 is 43.2. The van der Waals surface area contributed by atoms with E-state index in [9.17, 15) is 13.2 Å². The summed E-state index contributed by atoms with van der Waals surface area (Å²) in [5.41, 5.74) is 1.96. The minimum Gasteiger partial charge on any atom is -0.466 e. The van der Waals surface area contributed by atoms with Crippen LogP contribution in [0.4, 0.5) is 13.2 Å². The number of nitrogens with one attached hydrogen (secondary N) is 1. The van der Waals surface area contributed by atoms with E-state index in [2.05, 4.69) is 26.3 Å². The molecule has 0 radical (unpaired) electrons. The van der Waals surface area contributed by atoms with Crippen LogP contribution in [0.1, 0.15) is 23.1 Å². The zero-order chi connectivity index (χ0) is 14.0. The van der Waals surface area contributed by atoms with Crippen LogP contribution >= 0.6 is 15.9 Å². The fraction of sp³-hybridized carbons (Fsp3) is 0.182. The Balaban J connectivity index is 2.33. The Labute approximate surface area is 114 Å². The third-order valence-electron chi connectivity index (χ3n) is 2.48. The fourth-order valence-corrected chi connectivity index (χ4v) is 1.98. The molecule has 102 valence electrons. The zero-order valence-corrected chi connectivity index (χ0v) is 11.0. The summed E-state index contributed by atoms with van der Waals surface area (Å²) in [5, 5.41) is 0. The predicted molar refractivity (Wildman–Crippen MR) is 64.8 cm³/mol. The third-order valence-corrected chi connectivity index (χ3v) is 3.14. The minimum absolute atomic E-state index is 0.325. The first kappa shape index (κ1) is 14.0. The monoisotopic (exact) mass is 335 g/mol. The van der Waals surface area contributed by atoms with Crippen molar-refractivity contribution in [3.8, 4) is 0 Å². The van der Waals surface area contributed by atoms with Crippen LogP contribution in [0.25, 0.3) is 0 Å². The minimum atomic E-state index is -4.41. The number of rotatable bonds is 3. The lowest BCUT2D eigenvalue weighted by molar-refractivity contribution is -0.137. The molecule has 19 heavy (non-hydrogen) atoms. The summed E-state index contributed by atoms with van der Waals surface area (Å²) in [6, 6.07) is 3.22. The third kappa shape index (κ3) is 2.96. The average Bonchev–Trinajstić information content (AvgIpc) is 2.76. The molecule has 0 saturated carbocycles. The first-order valence-corrected chi connectivity index (χ1v) is 5.95. The van der Waals surface area contributed by atoms with Gasteiger partial charge in [0.1, 0.15) is 11.8 Å². The summed E-state index contributed by atoms with van der Waals surface area (Å²) in [6.07, 6.45) is -2.22. The second-order valence-electron chi connectivity index (χ2n) is 3.70. The van der Waals surface area contributed by atoms with Crippen molar-refractivity contribution in [2.45, 2.75) is 12.2 Å². The summed E-state index contributed by atoms with van der Waals surface area (Å²) in [5.74, 6) is 5.84. The first-order chi connectivity index (χ1) is 8.93. The van der Waals surface area contributed by atoms with Crippen molar-refractivity contribution >= 4 is 15.9 Å². The summed E-state index contributed by atoms with van der Waals surface area (Å²) in [6.45, 7) is 0. The molecule has 8 heteroatoms. The van der Waals surface area contributed by atoms with Crippen LogP contribution in [0.5, 0.6) is 0 Å². The molecule has 0 saturated heterocycles. The van der Waals surface area contributed by atoms with Crippen molar-refractivity contribution < 1.29 is 17.6 Å². The van der Waals surface area contributed by atoms with Crippen LogP contribution in [0.3, 0.4) is 0 Å². The van der Waals surface area contributed by atoms with Crippen LogP contribution in [0.15, 0.2) is 39.5 Å². The van der Waals surface area contributed by atoms with Crippen molar-refractivity contribution in [1.82, 2.24) is 10.4 Å². The van der Waals surface area contributed by atoms with Crippen molar-refractivity contribution in [2.24, 2.45) is 5.84 Å². The number of nitrogens with zero attached hydrogens (tertiary/aromatic N) is 1. The highest BCUT2D eigenvalue weighted by molar-refractivity contribution is 9.10. The SMILES string of the molecule is NNC(c1ccc(C(F)(F)F)cn1)c1occc1Br. The van der Waals surface area contributed by atoms with E-state index in [-0.39, 0.29) is 0 Å². The van der Waals surface area contributed by atoms with E-state index < -0.39 is 17.8 Å². The molecule has 0 spiro atoms. The van der Waals surface area contributed by atoms with Gasteiger partial charge in [-0.1, -0.05) is 0 Å². The van der Waals surface area contributed by atoms with Crippen LogP contribution in [0.2, 0.25) is 0 Å². The Hall–Kier alpha value is -1.38. The van der Waals surface area contributed by atoms with Crippen LogP contribution in [-0.4, -0.2) is 4.98 Å². The van der Waals surface area contributed by atoms with Crippen molar-refractivity contribution in [1.29, 1.82) is 0 Å². The van der Waals surface area contributed by atoms with Gasteiger partial charge >= 0.3 is 6.18 Å². The number of hydrogen-bond acceptors (Lipinski definition) is 4. The van der Waals surface area contributed by atoms with Gasteiger partial charge in [-0.3, -0.25) is 10.8 Å². The van der Waals surface area contributed by atoms with Crippen LogP contribution in [-0.2, 0) is 6.18 Å². The number of nitrogens with two attached hydrogens (primary N) is 1. The molecule has 2 heterocycles. The van der Waals surface area contributed by atoms with Crippen LogP contribution < -0.4 is 11.3 Å². The smallest absolute Gasteiger partial charge is 0.417 e. The number of aromatic nitrogens is 1. The molecule has 4 nitrogen and oxygen atoms in total. The van der Waals surface area contributed by atoms with E-state index in [1.54, 1.807) is 6.07 Å². The van der Waals surface area contributed by atoms with E-state index in [0.29, 0.717) is 15.9 Å². The zero-order valence-electron chi connectivity index (χ0n) is 9.41. The first-order valence-electron chi connectivity index (χ1n) is 5.15. The van der Waals surface area contributed by atoms with Crippen molar-refractivity contribution in [3.63, 3.8) is 0 Å². The average molecular weight is 336 g/mol. The molecule has 3 N–H and O–H groups in total. The van der Waals surface area contributed by atoms with Gasteiger partial charge in [0.2, 0.25) is 0 Å². The highest BCUT2D eigenvalue weighted by atomic mass is 79.9. The molecule has 2 aromatic heterocycles. The summed E-state index contributed by atoms with van der Waals surface area (Å²) in [4.78, 5) is 3.77. The van der Waals surface area contributed by atoms with Gasteiger partial charge in [0.15, 0.2) is 0 Å². The molecule has 0 fully saturated rings. The number of furan rings is 1. The quantitative estimate of drug-likeness (QED) is 0.668. The van der Waals surface area contributed by atoms with Gasteiger partial charge in [0.25, 0.3) is 0 Å². The topological polar surface area (TPSA) is 64.1 Å². The lowest BCUT2D eigenvalue weighted by Gasteiger charge is -2.14. The van der Waals surface area contributed by atoms with E-state index >= 15 is 0 Å². The molecular formula is C11H9BrF3N3O. The predicted octanol–water partition coefficient (Wildman–Crippen LogP) is 3.01. The maximum Gasteiger partial charge on any atom is 0.417 e. The highest BCUT2D eigenvalue weighted by Gasteiger charge is 2.31. The van der Waals surface area contributed by atoms with E-state index in [1.807, 2.05) is 0 Å². The van der Waals surface area contributed by atoms with Gasteiger partial charge in [0.05, 0.1) is 22.0 Å². The maximum absolute atomic E-state index is 12.4. The number of alkyl halides is 3. The molecule has 0 aliphatic carbocycles. The Bertz CT molecular complexity index is 553. The maximum atomic E-state index is 12.4. The van der Waals surface area contributed by atoms with Gasteiger partial charge in [-0.25, -0.2) is 5.43 Å². The van der Waals surface area contributed by atoms with Gasteiger partial charge in [-0.15, -0.1) is 0 Å². The van der Waals surface area contributed by atoms with Crippen molar-refractivity contribution in [3.05, 3.63) is 52.1 Å². The molecule has 0 aliphatic heterocycles. The molecule has 1 atom stereocenters. The molecule has 0 aliphatic rings. The second-order valence-corrected chi connectivity index (χ2v) is 4.56. The van der Waals surface area contributed by atoms with E-state index in [4.69, 9.17) is 10.3 Å². The van der Waals surface area contributed by atoms with E-state index in [1.165, 1.54) is 12.3 Å². The van der Waals surface area contributed by atoms with Crippen molar-refractivity contribution in [2.75, 3.05) is 0 Å². The van der Waals surface area contributed by atoms with Crippen LogP contribution in [0, 0.1) is 0 Å². The largest absolute Gasteiger partial charge is 0.466 e. The molecule has 1 unspecified atom stereocenters. The Morgan fingerprint density at radius 2 is 2.05 bits per heavy atom. The molecule has 2 aromatic rings. The Morgan fingerprint density at radius 3 is 2.47 bits per heavy atom. The number of halogens is 4. The number of hydrazine groups is 1. The second kappa shape index (κ2) is 5.32.